The lowest BCUT2D eigenvalue weighted by Gasteiger charge is -2.19. The van der Waals surface area contributed by atoms with Gasteiger partial charge in [0.15, 0.2) is 22.5 Å². The first kappa shape index (κ1) is 30.4. The van der Waals surface area contributed by atoms with Gasteiger partial charge in [0.1, 0.15) is 11.5 Å². The highest BCUT2D eigenvalue weighted by Crippen LogP contribution is 2.34. The molecule has 0 aliphatic carbocycles. The van der Waals surface area contributed by atoms with Crippen molar-refractivity contribution in [2.75, 3.05) is 34.2 Å². The van der Waals surface area contributed by atoms with E-state index in [9.17, 15) is 4.79 Å². The molecule has 0 saturated carbocycles. The van der Waals surface area contributed by atoms with E-state index in [0.717, 1.165) is 17.0 Å². The second kappa shape index (κ2) is 13.4. The molecule has 0 fully saturated rings. The predicted octanol–water partition coefficient (Wildman–Crippen LogP) is 5.51. The molecule has 0 atom stereocenters. The molecule has 4 rings (SSSR count). The SMILES string of the molecule is COc1ccc(-n2c(SCC(=O)N/N=C/c3cc(OC)c(OC)cc3OC)nnc2-c2ccc(C(C)(C)C)cc2)cc1. The number of rotatable bonds is 11. The smallest absolute Gasteiger partial charge is 0.250 e. The Labute approximate surface area is 250 Å². The summed E-state index contributed by atoms with van der Waals surface area (Å²) in [6.45, 7) is 6.53. The zero-order valence-electron chi connectivity index (χ0n) is 24.8. The van der Waals surface area contributed by atoms with Gasteiger partial charge in [0.25, 0.3) is 5.91 Å². The fraction of sp³-hybridized carbons (Fsp3) is 0.290. The number of carbonyl (C=O) groups is 1. The molecule has 1 N–H and O–H groups in total. The fourth-order valence-electron chi connectivity index (χ4n) is 4.12. The van der Waals surface area contributed by atoms with Gasteiger partial charge in [-0.05, 0) is 41.3 Å². The van der Waals surface area contributed by atoms with Crippen LogP contribution in [0.15, 0.2) is 70.9 Å². The molecule has 0 aliphatic rings. The second-order valence-corrected chi connectivity index (χ2v) is 11.1. The third-order valence-electron chi connectivity index (χ3n) is 6.43. The highest BCUT2D eigenvalue weighted by atomic mass is 32.2. The van der Waals surface area contributed by atoms with Crippen molar-refractivity contribution in [3.05, 3.63) is 71.8 Å². The topological polar surface area (TPSA) is 109 Å². The largest absolute Gasteiger partial charge is 0.497 e. The Bertz CT molecular complexity index is 1540. The molecule has 42 heavy (non-hydrogen) atoms. The number of ether oxygens (including phenoxy) is 4. The minimum Gasteiger partial charge on any atom is -0.497 e. The lowest BCUT2D eigenvalue weighted by Crippen LogP contribution is -2.20. The number of methoxy groups -OCH3 is 4. The number of nitrogens with one attached hydrogen (secondary N) is 1. The number of thioether (sulfide) groups is 1. The van der Waals surface area contributed by atoms with Gasteiger partial charge >= 0.3 is 0 Å². The molecular formula is C31H35N5O5S. The van der Waals surface area contributed by atoms with Crippen LogP contribution in [0.5, 0.6) is 23.0 Å². The summed E-state index contributed by atoms with van der Waals surface area (Å²) in [5.41, 5.74) is 6.19. The minimum atomic E-state index is -0.309. The van der Waals surface area contributed by atoms with E-state index in [1.54, 1.807) is 40.6 Å². The van der Waals surface area contributed by atoms with Crippen LogP contribution >= 0.6 is 11.8 Å². The molecule has 0 radical (unpaired) electrons. The van der Waals surface area contributed by atoms with E-state index in [2.05, 4.69) is 53.6 Å². The lowest BCUT2D eigenvalue weighted by atomic mass is 9.87. The molecule has 3 aromatic carbocycles. The molecule has 0 bridgehead atoms. The van der Waals surface area contributed by atoms with Gasteiger partial charge in [-0.2, -0.15) is 5.10 Å². The van der Waals surface area contributed by atoms with E-state index in [1.807, 2.05) is 41.0 Å². The number of aromatic nitrogens is 3. The van der Waals surface area contributed by atoms with Crippen molar-refractivity contribution in [2.45, 2.75) is 31.3 Å². The Kier molecular flexibility index (Phi) is 9.74. The van der Waals surface area contributed by atoms with E-state index in [1.165, 1.54) is 23.5 Å². The standard InChI is InChI=1S/C31H35N5O5S/c1-31(2,3)22-10-8-20(9-11-22)29-34-35-30(36(29)23-12-14-24(38-4)15-13-23)42-19-28(37)33-32-18-21-16-26(40-6)27(41-7)17-25(21)39-5/h8-18H,19H2,1-7H3,(H,33,37)/b32-18+. The third kappa shape index (κ3) is 7.03. The van der Waals surface area contributed by atoms with Crippen LogP contribution in [0.2, 0.25) is 0 Å². The van der Waals surface area contributed by atoms with Crippen molar-refractivity contribution < 1.29 is 23.7 Å². The summed E-state index contributed by atoms with van der Waals surface area (Å²) in [7, 11) is 6.25. The normalized spacial score (nSPS) is 11.4. The first-order valence-electron chi connectivity index (χ1n) is 13.1. The van der Waals surface area contributed by atoms with Crippen molar-refractivity contribution >= 4 is 23.9 Å². The molecule has 10 nitrogen and oxygen atoms in total. The third-order valence-corrected chi connectivity index (χ3v) is 7.36. The zero-order chi connectivity index (χ0) is 30.3. The minimum absolute atomic E-state index is 0.0314. The molecule has 0 aliphatic heterocycles. The van der Waals surface area contributed by atoms with Crippen LogP contribution in [-0.4, -0.2) is 61.1 Å². The summed E-state index contributed by atoms with van der Waals surface area (Å²) < 4.78 is 23.3. The Morgan fingerprint density at radius 2 is 1.52 bits per heavy atom. The van der Waals surface area contributed by atoms with Gasteiger partial charge in [-0.25, -0.2) is 5.43 Å². The average Bonchev–Trinajstić information content (AvgIpc) is 3.43. The van der Waals surface area contributed by atoms with Gasteiger partial charge in [0, 0.05) is 22.9 Å². The van der Waals surface area contributed by atoms with Crippen LogP contribution in [0, 0.1) is 0 Å². The number of hydrazone groups is 1. The van der Waals surface area contributed by atoms with Gasteiger partial charge in [-0.1, -0.05) is 56.8 Å². The molecule has 1 aromatic heterocycles. The van der Waals surface area contributed by atoms with Crippen LogP contribution in [0.3, 0.4) is 0 Å². The van der Waals surface area contributed by atoms with Crippen molar-refractivity contribution in [1.29, 1.82) is 0 Å². The summed E-state index contributed by atoms with van der Waals surface area (Å²) in [4.78, 5) is 12.7. The number of hydrogen-bond acceptors (Lipinski definition) is 9. The highest BCUT2D eigenvalue weighted by molar-refractivity contribution is 7.99. The van der Waals surface area contributed by atoms with E-state index >= 15 is 0 Å². The fourth-order valence-corrected chi connectivity index (χ4v) is 4.87. The first-order chi connectivity index (χ1) is 20.2. The van der Waals surface area contributed by atoms with Crippen LogP contribution in [0.25, 0.3) is 17.1 Å². The quantitative estimate of drug-likeness (QED) is 0.139. The maximum absolute atomic E-state index is 12.7. The van der Waals surface area contributed by atoms with E-state index in [-0.39, 0.29) is 17.1 Å². The maximum Gasteiger partial charge on any atom is 0.250 e. The van der Waals surface area contributed by atoms with E-state index in [4.69, 9.17) is 18.9 Å². The van der Waals surface area contributed by atoms with Crippen LogP contribution in [0.1, 0.15) is 31.9 Å². The Balaban J connectivity index is 1.54. The van der Waals surface area contributed by atoms with Crippen molar-refractivity contribution in [3.8, 4) is 40.1 Å². The highest BCUT2D eigenvalue weighted by Gasteiger charge is 2.19. The van der Waals surface area contributed by atoms with Crippen LogP contribution < -0.4 is 24.4 Å². The molecule has 0 unspecified atom stereocenters. The number of hydrogen-bond donors (Lipinski definition) is 1. The monoisotopic (exact) mass is 589 g/mol. The average molecular weight is 590 g/mol. The summed E-state index contributed by atoms with van der Waals surface area (Å²) >= 11 is 1.26. The van der Waals surface area contributed by atoms with Crippen molar-refractivity contribution in [1.82, 2.24) is 20.2 Å². The van der Waals surface area contributed by atoms with Crippen LogP contribution in [-0.2, 0) is 10.2 Å². The number of amides is 1. The number of benzene rings is 3. The summed E-state index contributed by atoms with van der Waals surface area (Å²) in [6.07, 6.45) is 1.49. The molecule has 0 spiro atoms. The van der Waals surface area contributed by atoms with Gasteiger partial charge in [0.05, 0.1) is 40.4 Å². The Morgan fingerprint density at radius 3 is 2.12 bits per heavy atom. The van der Waals surface area contributed by atoms with Crippen molar-refractivity contribution in [3.63, 3.8) is 0 Å². The van der Waals surface area contributed by atoms with Gasteiger partial charge in [-0.3, -0.25) is 9.36 Å². The van der Waals surface area contributed by atoms with E-state index < -0.39 is 0 Å². The number of carbonyl (C=O) groups excluding carboxylic acids is 1. The van der Waals surface area contributed by atoms with Gasteiger partial charge in [-0.15, -0.1) is 10.2 Å². The lowest BCUT2D eigenvalue weighted by molar-refractivity contribution is -0.118. The molecule has 220 valence electrons. The number of nitrogens with zero attached hydrogens (tertiary/aromatic N) is 4. The second-order valence-electron chi connectivity index (χ2n) is 10.2. The van der Waals surface area contributed by atoms with Crippen molar-refractivity contribution in [2.24, 2.45) is 5.10 Å². The molecule has 4 aromatic rings. The van der Waals surface area contributed by atoms with Gasteiger partial charge < -0.3 is 18.9 Å². The Hall–Kier alpha value is -4.51. The zero-order valence-corrected chi connectivity index (χ0v) is 25.6. The van der Waals surface area contributed by atoms with Crippen LogP contribution in [0.4, 0.5) is 0 Å². The summed E-state index contributed by atoms with van der Waals surface area (Å²) in [5, 5.41) is 13.6. The molecule has 1 heterocycles. The van der Waals surface area contributed by atoms with E-state index in [0.29, 0.717) is 33.8 Å². The maximum atomic E-state index is 12.7. The molecule has 0 saturated heterocycles. The Morgan fingerprint density at radius 1 is 0.881 bits per heavy atom. The molecule has 11 heteroatoms. The summed E-state index contributed by atoms with van der Waals surface area (Å²) in [6, 6.07) is 19.3. The predicted molar refractivity (Wildman–Crippen MR) is 165 cm³/mol. The molecular weight excluding hydrogens is 554 g/mol. The first-order valence-corrected chi connectivity index (χ1v) is 14.1. The molecule has 1 amide bonds. The van der Waals surface area contributed by atoms with Gasteiger partial charge in [0.2, 0.25) is 0 Å². The summed E-state index contributed by atoms with van der Waals surface area (Å²) in [5.74, 6) is 2.73.